The Bertz CT molecular complexity index is 622. The summed E-state index contributed by atoms with van der Waals surface area (Å²) in [5.41, 5.74) is 1.25. The van der Waals surface area contributed by atoms with Crippen LogP contribution in [0.3, 0.4) is 0 Å². The van der Waals surface area contributed by atoms with Gasteiger partial charge in [-0.3, -0.25) is 14.4 Å². The number of piperidine rings is 1. The molecule has 0 saturated carbocycles. The van der Waals surface area contributed by atoms with Crippen molar-refractivity contribution in [1.29, 1.82) is 0 Å². The number of likely N-dealkylation sites (tertiary alicyclic amines) is 1. The average Bonchev–Trinajstić information content (AvgIpc) is 2.65. The summed E-state index contributed by atoms with van der Waals surface area (Å²) in [5, 5.41) is 5.61. The lowest BCUT2D eigenvalue weighted by atomic mass is 9.95. The van der Waals surface area contributed by atoms with Crippen LogP contribution < -0.4 is 10.6 Å². The molecule has 1 aromatic rings. The van der Waals surface area contributed by atoms with Crippen molar-refractivity contribution in [2.45, 2.75) is 26.2 Å². The summed E-state index contributed by atoms with van der Waals surface area (Å²) in [6, 6.07) is 6.86. The Labute approximate surface area is 154 Å². The van der Waals surface area contributed by atoms with Gasteiger partial charge in [0.1, 0.15) is 0 Å². The first-order valence-corrected chi connectivity index (χ1v) is 8.95. The maximum atomic E-state index is 12.6. The van der Waals surface area contributed by atoms with Gasteiger partial charge in [0.05, 0.1) is 0 Å². The average molecular weight is 361 g/mol. The quantitative estimate of drug-likeness (QED) is 0.723. The Kier molecular flexibility index (Phi) is 7.59. The highest BCUT2D eigenvalue weighted by atomic mass is 16.5. The molecule has 142 valence electrons. The smallest absolute Gasteiger partial charge is 0.253 e. The highest BCUT2D eigenvalue weighted by Gasteiger charge is 2.27. The van der Waals surface area contributed by atoms with Crippen LogP contribution in [0.4, 0.5) is 5.69 Å². The number of nitrogens with one attached hydrogen (secondary N) is 2. The predicted octanol–water partition coefficient (Wildman–Crippen LogP) is 1.65. The van der Waals surface area contributed by atoms with Gasteiger partial charge >= 0.3 is 0 Å². The fourth-order valence-corrected chi connectivity index (χ4v) is 3.00. The Balaban J connectivity index is 1.80. The van der Waals surface area contributed by atoms with Gasteiger partial charge in [-0.2, -0.15) is 0 Å². The molecule has 0 radical (unpaired) electrons. The summed E-state index contributed by atoms with van der Waals surface area (Å²) in [4.78, 5) is 37.5. The third-order valence-electron chi connectivity index (χ3n) is 4.43. The summed E-state index contributed by atoms with van der Waals surface area (Å²) < 4.78 is 4.96. The van der Waals surface area contributed by atoms with Gasteiger partial charge < -0.3 is 20.3 Å². The molecular weight excluding hydrogens is 334 g/mol. The van der Waals surface area contributed by atoms with Crippen LogP contribution in [-0.4, -0.2) is 56.0 Å². The third kappa shape index (κ3) is 5.84. The van der Waals surface area contributed by atoms with Gasteiger partial charge in [0.15, 0.2) is 0 Å². The van der Waals surface area contributed by atoms with E-state index in [0.717, 1.165) is 6.42 Å². The van der Waals surface area contributed by atoms with Gasteiger partial charge in [0, 0.05) is 57.4 Å². The van der Waals surface area contributed by atoms with Crippen molar-refractivity contribution in [3.05, 3.63) is 29.8 Å². The number of carbonyl (C=O) groups is 3. The van der Waals surface area contributed by atoms with Gasteiger partial charge in [0.2, 0.25) is 11.8 Å². The van der Waals surface area contributed by atoms with Gasteiger partial charge in [-0.1, -0.05) is 0 Å². The van der Waals surface area contributed by atoms with Crippen LogP contribution in [0.1, 0.15) is 36.5 Å². The Morgan fingerprint density at radius 3 is 2.38 bits per heavy atom. The maximum absolute atomic E-state index is 12.6. The Morgan fingerprint density at radius 1 is 1.15 bits per heavy atom. The summed E-state index contributed by atoms with van der Waals surface area (Å²) in [6.45, 7) is 3.84. The molecule has 3 amide bonds. The van der Waals surface area contributed by atoms with Crippen LogP contribution in [0.2, 0.25) is 0 Å². The molecular formula is C19H27N3O4. The molecule has 2 rings (SSSR count). The zero-order valence-electron chi connectivity index (χ0n) is 15.4. The molecule has 26 heavy (non-hydrogen) atoms. The molecule has 1 aromatic carbocycles. The molecule has 1 fully saturated rings. The second-order valence-corrected chi connectivity index (χ2v) is 6.46. The number of carbonyl (C=O) groups excluding carboxylic acids is 3. The number of ether oxygens (including phenoxy) is 1. The van der Waals surface area contributed by atoms with Crippen LogP contribution in [0.5, 0.6) is 0 Å². The van der Waals surface area contributed by atoms with E-state index >= 15 is 0 Å². The van der Waals surface area contributed by atoms with Gasteiger partial charge in [0.25, 0.3) is 5.91 Å². The van der Waals surface area contributed by atoms with Crippen molar-refractivity contribution in [3.8, 4) is 0 Å². The number of hydrogen-bond donors (Lipinski definition) is 2. The molecule has 0 bridgehead atoms. The SMILES string of the molecule is COCCCNC(=O)C1CCN(C(=O)c2ccc(NC(C)=O)cc2)CC1. The lowest BCUT2D eigenvalue weighted by molar-refractivity contribution is -0.126. The number of nitrogens with zero attached hydrogens (tertiary/aromatic N) is 1. The molecule has 2 N–H and O–H groups in total. The predicted molar refractivity (Wildman–Crippen MR) is 98.9 cm³/mol. The van der Waals surface area contributed by atoms with Gasteiger partial charge in [-0.25, -0.2) is 0 Å². The first-order valence-electron chi connectivity index (χ1n) is 8.95. The normalized spacial score (nSPS) is 14.8. The Morgan fingerprint density at radius 2 is 1.81 bits per heavy atom. The van der Waals surface area contributed by atoms with Gasteiger partial charge in [-0.05, 0) is 43.5 Å². The monoisotopic (exact) mass is 361 g/mol. The zero-order valence-corrected chi connectivity index (χ0v) is 15.4. The first kappa shape index (κ1) is 19.9. The molecule has 7 heteroatoms. The van der Waals surface area contributed by atoms with Crippen molar-refractivity contribution < 1.29 is 19.1 Å². The minimum Gasteiger partial charge on any atom is -0.385 e. The van der Waals surface area contributed by atoms with Crippen LogP contribution in [0, 0.1) is 5.92 Å². The summed E-state index contributed by atoms with van der Waals surface area (Å²) in [7, 11) is 1.64. The largest absolute Gasteiger partial charge is 0.385 e. The highest BCUT2D eigenvalue weighted by molar-refractivity contribution is 5.95. The molecule has 1 aliphatic heterocycles. The third-order valence-corrected chi connectivity index (χ3v) is 4.43. The molecule has 0 aromatic heterocycles. The highest BCUT2D eigenvalue weighted by Crippen LogP contribution is 2.20. The lowest BCUT2D eigenvalue weighted by Gasteiger charge is -2.31. The molecule has 1 saturated heterocycles. The number of benzene rings is 1. The van der Waals surface area contributed by atoms with Crippen LogP contribution in [-0.2, 0) is 14.3 Å². The number of anilines is 1. The van der Waals surface area contributed by atoms with E-state index in [4.69, 9.17) is 4.74 Å². The van der Waals surface area contributed by atoms with E-state index in [9.17, 15) is 14.4 Å². The number of hydrogen-bond acceptors (Lipinski definition) is 4. The maximum Gasteiger partial charge on any atom is 0.253 e. The van der Waals surface area contributed by atoms with Crippen molar-refractivity contribution in [1.82, 2.24) is 10.2 Å². The standard InChI is InChI=1S/C19H27N3O4/c1-14(23)21-17-6-4-16(5-7-17)19(25)22-11-8-15(9-12-22)18(24)20-10-3-13-26-2/h4-7,15H,3,8-13H2,1-2H3,(H,20,24)(H,21,23). The molecule has 0 spiro atoms. The lowest BCUT2D eigenvalue weighted by Crippen LogP contribution is -2.43. The molecule has 1 aliphatic rings. The second kappa shape index (κ2) is 9.91. The van der Waals surface area contributed by atoms with Crippen molar-refractivity contribution in [2.75, 3.05) is 38.7 Å². The first-order chi connectivity index (χ1) is 12.5. The topological polar surface area (TPSA) is 87.7 Å². The number of rotatable bonds is 7. The van der Waals surface area contributed by atoms with Gasteiger partial charge in [-0.15, -0.1) is 0 Å². The van der Waals surface area contributed by atoms with E-state index in [1.54, 1.807) is 36.3 Å². The van der Waals surface area contributed by atoms with Crippen molar-refractivity contribution in [3.63, 3.8) is 0 Å². The van der Waals surface area contributed by atoms with E-state index < -0.39 is 0 Å². The van der Waals surface area contributed by atoms with E-state index in [1.807, 2.05) is 0 Å². The molecule has 0 atom stereocenters. The van der Waals surface area contributed by atoms with Crippen LogP contribution in [0.25, 0.3) is 0 Å². The van der Waals surface area contributed by atoms with E-state index in [-0.39, 0.29) is 23.6 Å². The van der Waals surface area contributed by atoms with Crippen LogP contribution in [0.15, 0.2) is 24.3 Å². The van der Waals surface area contributed by atoms with Crippen molar-refractivity contribution >= 4 is 23.4 Å². The van der Waals surface area contributed by atoms with Crippen LogP contribution >= 0.6 is 0 Å². The minimum atomic E-state index is -0.147. The summed E-state index contributed by atoms with van der Waals surface area (Å²) in [6.07, 6.45) is 2.14. The molecule has 0 unspecified atom stereocenters. The fourth-order valence-electron chi connectivity index (χ4n) is 3.00. The number of amides is 3. The summed E-state index contributed by atoms with van der Waals surface area (Å²) in [5.74, 6) is -0.165. The second-order valence-electron chi connectivity index (χ2n) is 6.46. The fraction of sp³-hybridized carbons (Fsp3) is 0.526. The van der Waals surface area contributed by atoms with E-state index in [2.05, 4.69) is 10.6 Å². The minimum absolute atomic E-state index is 0.0382. The zero-order chi connectivity index (χ0) is 18.9. The number of methoxy groups -OCH3 is 1. The molecule has 0 aliphatic carbocycles. The Hall–Kier alpha value is -2.41. The molecule has 1 heterocycles. The van der Waals surface area contributed by atoms with E-state index in [1.165, 1.54) is 6.92 Å². The van der Waals surface area contributed by atoms with E-state index in [0.29, 0.717) is 50.3 Å². The molecule has 7 nitrogen and oxygen atoms in total. The van der Waals surface area contributed by atoms with Crippen molar-refractivity contribution in [2.24, 2.45) is 5.92 Å². The summed E-state index contributed by atoms with van der Waals surface area (Å²) >= 11 is 0.